The van der Waals surface area contributed by atoms with Crippen molar-refractivity contribution in [2.45, 2.75) is 43.9 Å². The Morgan fingerprint density at radius 2 is 1.53 bits per heavy atom. The molecule has 0 radical (unpaired) electrons. The first-order valence-corrected chi connectivity index (χ1v) is 6.81. The Labute approximate surface area is 108 Å². The summed E-state index contributed by atoms with van der Waals surface area (Å²) in [5.74, 6) is 3.23. The van der Waals surface area contributed by atoms with Crippen LogP contribution < -0.4 is 5.73 Å². The molecular weight excluding hydrogens is 273 g/mol. The Bertz CT molecular complexity index is 208. The Kier molecular flexibility index (Phi) is 4.53. The molecule has 0 aromatic rings. The monoisotopic (exact) mass is 295 g/mol. The first kappa shape index (κ1) is 13.8. The van der Waals surface area contributed by atoms with Crippen LogP contribution in [-0.4, -0.2) is 11.9 Å². The highest BCUT2D eigenvalue weighted by Gasteiger charge is 2.53. The average molecular weight is 297 g/mol. The van der Waals surface area contributed by atoms with E-state index >= 15 is 0 Å². The minimum absolute atomic E-state index is 0. The molecule has 1 nitrogen and oxygen atoms in total. The molecule has 4 rings (SSSR count). The van der Waals surface area contributed by atoms with Crippen LogP contribution in [0.25, 0.3) is 0 Å². The quantitative estimate of drug-likeness (QED) is 0.679. The van der Waals surface area contributed by atoms with Crippen molar-refractivity contribution >= 4 is 28.3 Å². The van der Waals surface area contributed by atoms with Gasteiger partial charge in [0.05, 0.1) is 0 Å². The number of nitrogens with two attached hydrogens (primary N) is 1. The molecule has 4 fully saturated rings. The summed E-state index contributed by atoms with van der Waals surface area (Å²) in [6, 6.07) is 0. The predicted molar refractivity (Wildman–Crippen MR) is 71.7 cm³/mol. The van der Waals surface area contributed by atoms with E-state index in [0.29, 0.717) is 5.41 Å². The van der Waals surface area contributed by atoms with E-state index in [2.05, 4.69) is 28.6 Å². The van der Waals surface area contributed by atoms with Gasteiger partial charge >= 0.3 is 0 Å². The fraction of sp³-hybridized carbons (Fsp3) is 1.00. The van der Waals surface area contributed by atoms with Crippen LogP contribution in [0, 0.1) is 23.2 Å². The predicted octanol–water partition coefficient (Wildman–Crippen LogP) is 3.59. The van der Waals surface area contributed by atoms with E-state index in [9.17, 15) is 0 Å². The van der Waals surface area contributed by atoms with Crippen LogP contribution >= 0.6 is 28.3 Å². The van der Waals surface area contributed by atoms with Gasteiger partial charge < -0.3 is 5.73 Å². The van der Waals surface area contributed by atoms with Crippen molar-refractivity contribution in [1.29, 1.82) is 0 Å². The first-order chi connectivity index (χ1) is 6.67. The Morgan fingerprint density at radius 3 is 1.93 bits per heavy atom. The van der Waals surface area contributed by atoms with Crippen LogP contribution in [0.4, 0.5) is 0 Å². The Balaban J connectivity index is 0.000000356. The summed E-state index contributed by atoms with van der Waals surface area (Å²) in [6.45, 7) is 2.51. The summed E-state index contributed by atoms with van der Waals surface area (Å²) in [5.41, 5.74) is 5.18. The van der Waals surface area contributed by atoms with E-state index in [-0.39, 0.29) is 12.4 Å². The normalized spacial score (nSPS) is 50.4. The lowest BCUT2D eigenvalue weighted by Gasteiger charge is -2.58. The molecule has 4 bridgehead atoms. The van der Waals surface area contributed by atoms with E-state index in [0.717, 1.165) is 22.6 Å². The van der Waals surface area contributed by atoms with Crippen LogP contribution in [0.5, 0.6) is 0 Å². The van der Waals surface area contributed by atoms with Crippen LogP contribution in [0.1, 0.15) is 39.0 Å². The second kappa shape index (κ2) is 4.93. The smallest absolute Gasteiger partial charge is 0.0228 e. The molecule has 0 heterocycles. The lowest BCUT2D eigenvalue weighted by molar-refractivity contribution is -0.0313. The van der Waals surface area contributed by atoms with Crippen molar-refractivity contribution in [3.05, 3.63) is 0 Å². The molecule has 3 heteroatoms. The van der Waals surface area contributed by atoms with Crippen molar-refractivity contribution < 1.29 is 0 Å². The lowest BCUT2D eigenvalue weighted by atomic mass is 9.50. The summed E-state index contributed by atoms with van der Waals surface area (Å²) in [6.07, 6.45) is 7.64. The molecular formula is C12H23BrClN. The molecule has 0 saturated heterocycles. The second-order valence-corrected chi connectivity index (χ2v) is 6.65. The summed E-state index contributed by atoms with van der Waals surface area (Å²) in [7, 11) is 1.50. The zero-order chi connectivity index (χ0) is 10.3. The Morgan fingerprint density at radius 1 is 1.07 bits per heavy atom. The lowest BCUT2D eigenvalue weighted by Crippen LogP contribution is -2.51. The van der Waals surface area contributed by atoms with Gasteiger partial charge in [-0.1, -0.05) is 22.9 Å². The molecule has 4 aliphatic carbocycles. The van der Waals surface area contributed by atoms with Crippen molar-refractivity contribution in [1.82, 2.24) is 0 Å². The third-order valence-corrected chi connectivity index (χ3v) is 6.38. The summed E-state index contributed by atoms with van der Waals surface area (Å²) in [4.78, 5) is 0.845. The molecule has 0 aliphatic heterocycles. The van der Waals surface area contributed by atoms with Crippen molar-refractivity contribution in [3.63, 3.8) is 0 Å². The van der Waals surface area contributed by atoms with Gasteiger partial charge in [-0.3, -0.25) is 0 Å². The maximum Gasteiger partial charge on any atom is 0.0228 e. The zero-order valence-corrected chi connectivity index (χ0v) is 12.1. The SMILES string of the molecule is CC12CC3CC(CC(C3)C1Br)C2.CN.Cl. The first-order valence-electron chi connectivity index (χ1n) is 5.89. The van der Waals surface area contributed by atoms with Crippen LogP contribution in [0.2, 0.25) is 0 Å². The fourth-order valence-electron chi connectivity index (χ4n) is 4.39. The second-order valence-electron chi connectivity index (χ2n) is 5.66. The minimum Gasteiger partial charge on any atom is -0.333 e. The van der Waals surface area contributed by atoms with E-state index in [1.165, 1.54) is 32.7 Å². The Hall–Kier alpha value is 0.730. The van der Waals surface area contributed by atoms with Gasteiger partial charge in [0.2, 0.25) is 0 Å². The van der Waals surface area contributed by atoms with Gasteiger partial charge in [-0.05, 0) is 62.3 Å². The summed E-state index contributed by atoms with van der Waals surface area (Å²) in [5, 5.41) is 0. The third-order valence-electron chi connectivity index (χ3n) is 4.53. The third kappa shape index (κ3) is 2.23. The number of hydrogen-bond acceptors (Lipinski definition) is 1. The average Bonchev–Trinajstić information content (AvgIpc) is 2.16. The van der Waals surface area contributed by atoms with E-state index in [1.807, 2.05) is 0 Å². The van der Waals surface area contributed by atoms with E-state index in [1.54, 1.807) is 6.42 Å². The highest BCUT2D eigenvalue weighted by Crippen LogP contribution is 2.61. The number of alkyl halides is 1. The van der Waals surface area contributed by atoms with Gasteiger partial charge in [-0.25, -0.2) is 0 Å². The van der Waals surface area contributed by atoms with Crippen LogP contribution in [0.3, 0.4) is 0 Å². The molecule has 0 spiro atoms. The van der Waals surface area contributed by atoms with Gasteiger partial charge in [0.15, 0.2) is 0 Å². The minimum atomic E-state index is 0. The molecule has 3 atom stereocenters. The topological polar surface area (TPSA) is 26.0 Å². The molecule has 90 valence electrons. The van der Waals surface area contributed by atoms with E-state index < -0.39 is 0 Å². The van der Waals surface area contributed by atoms with Crippen LogP contribution in [-0.2, 0) is 0 Å². The number of halogens is 2. The largest absolute Gasteiger partial charge is 0.333 e. The van der Waals surface area contributed by atoms with Crippen LogP contribution in [0.15, 0.2) is 0 Å². The molecule has 0 aromatic carbocycles. The molecule has 4 aliphatic rings. The maximum atomic E-state index is 4.50. The van der Waals surface area contributed by atoms with Gasteiger partial charge in [0, 0.05) is 4.83 Å². The van der Waals surface area contributed by atoms with Crippen molar-refractivity contribution in [2.75, 3.05) is 7.05 Å². The summed E-state index contributed by atoms with van der Waals surface area (Å²) >= 11 is 3.94. The van der Waals surface area contributed by atoms with Gasteiger partial charge in [-0.15, -0.1) is 12.4 Å². The van der Waals surface area contributed by atoms with Gasteiger partial charge in [0.25, 0.3) is 0 Å². The molecule has 0 aromatic heterocycles. The molecule has 4 saturated carbocycles. The highest BCUT2D eigenvalue weighted by molar-refractivity contribution is 9.09. The number of rotatable bonds is 0. The van der Waals surface area contributed by atoms with Gasteiger partial charge in [0.1, 0.15) is 0 Å². The standard InChI is InChI=1S/C11H17Br.CH5N.ClH/c1-11-5-7-2-8(6-11)4-9(3-7)10(11)12;1-2;/h7-10H,2-6H2,1H3;2H2,1H3;1H. The summed E-state index contributed by atoms with van der Waals surface area (Å²) < 4.78 is 0. The zero-order valence-electron chi connectivity index (χ0n) is 9.71. The highest BCUT2D eigenvalue weighted by atomic mass is 79.9. The maximum absolute atomic E-state index is 4.50. The molecule has 2 N–H and O–H groups in total. The van der Waals surface area contributed by atoms with E-state index in [4.69, 9.17) is 0 Å². The fourth-order valence-corrected chi connectivity index (χ4v) is 5.19. The van der Waals surface area contributed by atoms with Gasteiger partial charge in [-0.2, -0.15) is 0 Å². The van der Waals surface area contributed by atoms with Crippen molar-refractivity contribution in [2.24, 2.45) is 28.9 Å². The molecule has 15 heavy (non-hydrogen) atoms. The van der Waals surface area contributed by atoms with Crippen molar-refractivity contribution in [3.8, 4) is 0 Å². The molecule has 3 unspecified atom stereocenters. The molecule has 0 amide bonds. The number of hydrogen-bond donors (Lipinski definition) is 1.